The van der Waals surface area contributed by atoms with Crippen LogP contribution in [0.2, 0.25) is 0 Å². The first-order valence-corrected chi connectivity index (χ1v) is 10.6. The number of piperazine rings is 1. The second-order valence-electron chi connectivity index (χ2n) is 8.13. The number of fused-ring (bicyclic) bond motifs is 2. The largest absolute Gasteiger partial charge is 0.464 e. The van der Waals surface area contributed by atoms with Crippen LogP contribution in [0.5, 0.6) is 0 Å². The summed E-state index contributed by atoms with van der Waals surface area (Å²) in [5, 5.41) is 3.12. The van der Waals surface area contributed by atoms with E-state index in [1.165, 1.54) is 0 Å². The van der Waals surface area contributed by atoms with Crippen molar-refractivity contribution < 1.29 is 9.53 Å². The highest BCUT2D eigenvalue weighted by atomic mass is 16.5. The van der Waals surface area contributed by atoms with Crippen LogP contribution >= 0.6 is 0 Å². The third-order valence-electron chi connectivity index (χ3n) is 6.07. The summed E-state index contributed by atoms with van der Waals surface area (Å²) in [6, 6.07) is 17.1. The first kappa shape index (κ1) is 20.5. The molecule has 4 rings (SSSR count). The summed E-state index contributed by atoms with van der Waals surface area (Å²) in [6.45, 7) is 7.16. The predicted octanol–water partition coefficient (Wildman–Crippen LogP) is 3.25. The van der Waals surface area contributed by atoms with Gasteiger partial charge >= 0.3 is 5.97 Å². The van der Waals surface area contributed by atoms with Crippen LogP contribution in [0.25, 0.3) is 21.5 Å². The summed E-state index contributed by atoms with van der Waals surface area (Å²) in [6.07, 6.45) is 0. The Morgan fingerprint density at radius 1 is 0.967 bits per heavy atom. The van der Waals surface area contributed by atoms with Crippen molar-refractivity contribution in [2.45, 2.75) is 12.8 Å². The normalized spacial score (nSPS) is 16.6. The van der Waals surface area contributed by atoms with Gasteiger partial charge < -0.3 is 9.64 Å². The molecule has 0 aromatic heterocycles. The molecule has 1 unspecified atom stereocenters. The van der Waals surface area contributed by atoms with Crippen molar-refractivity contribution >= 4 is 27.5 Å². The van der Waals surface area contributed by atoms with Crippen molar-refractivity contribution in [1.82, 2.24) is 9.80 Å². The van der Waals surface area contributed by atoms with Crippen LogP contribution in [0.4, 0.5) is 0 Å². The Morgan fingerprint density at radius 2 is 1.67 bits per heavy atom. The highest BCUT2D eigenvalue weighted by molar-refractivity contribution is 5.94. The molecular formula is C25H28N2O3. The number of carbonyl (C=O) groups excluding carboxylic acids is 1. The minimum Gasteiger partial charge on any atom is -0.464 e. The molecule has 0 bridgehead atoms. The molecule has 1 heterocycles. The van der Waals surface area contributed by atoms with Crippen molar-refractivity contribution in [1.29, 1.82) is 0 Å². The molecule has 1 saturated heterocycles. The van der Waals surface area contributed by atoms with E-state index in [1.807, 2.05) is 61.5 Å². The van der Waals surface area contributed by atoms with Gasteiger partial charge in [0.05, 0.1) is 5.92 Å². The number of benzene rings is 2. The van der Waals surface area contributed by atoms with Gasteiger partial charge in [0.2, 0.25) is 0 Å². The molecule has 1 fully saturated rings. The fraction of sp³-hybridized carbons (Fsp3) is 0.360. The molecule has 1 atom stereocenters. The summed E-state index contributed by atoms with van der Waals surface area (Å²) >= 11 is 0. The second kappa shape index (κ2) is 8.94. The SMILES string of the molecule is CC(C(=O)OCCN1CCN(C)CC1)c1ccc2c(=O)c3ccccc3ccc2c1. The van der Waals surface area contributed by atoms with E-state index in [0.717, 1.165) is 49.1 Å². The Bertz CT molecular complexity index is 1120. The molecule has 0 amide bonds. The highest BCUT2D eigenvalue weighted by Gasteiger charge is 2.19. The maximum Gasteiger partial charge on any atom is 0.313 e. The van der Waals surface area contributed by atoms with Gasteiger partial charge in [-0.1, -0.05) is 54.6 Å². The number of rotatable bonds is 5. The maximum atomic E-state index is 12.9. The maximum absolute atomic E-state index is 12.9. The molecule has 156 valence electrons. The summed E-state index contributed by atoms with van der Waals surface area (Å²) in [5.74, 6) is -0.604. The average molecular weight is 405 g/mol. The third kappa shape index (κ3) is 4.37. The van der Waals surface area contributed by atoms with Crippen molar-refractivity contribution in [2.24, 2.45) is 0 Å². The Kier molecular flexibility index (Phi) is 6.11. The number of hydrogen-bond donors (Lipinski definition) is 0. The van der Waals surface area contributed by atoms with Crippen LogP contribution in [0.3, 0.4) is 0 Å². The van der Waals surface area contributed by atoms with Gasteiger partial charge in [-0.25, -0.2) is 0 Å². The van der Waals surface area contributed by atoms with Crippen LogP contribution in [0, 0.1) is 0 Å². The van der Waals surface area contributed by atoms with Crippen molar-refractivity contribution in [3.8, 4) is 0 Å². The van der Waals surface area contributed by atoms with Gasteiger partial charge in [0.25, 0.3) is 0 Å². The zero-order valence-electron chi connectivity index (χ0n) is 17.6. The zero-order chi connectivity index (χ0) is 21.1. The van der Waals surface area contributed by atoms with Gasteiger partial charge in [0.1, 0.15) is 6.61 Å². The van der Waals surface area contributed by atoms with Gasteiger partial charge in [0, 0.05) is 43.5 Å². The van der Waals surface area contributed by atoms with E-state index < -0.39 is 0 Å². The number of carbonyl (C=O) groups is 1. The smallest absolute Gasteiger partial charge is 0.313 e. The minimum atomic E-state index is -0.378. The Labute approximate surface area is 176 Å². The van der Waals surface area contributed by atoms with Crippen LogP contribution in [0.1, 0.15) is 18.4 Å². The van der Waals surface area contributed by atoms with Crippen molar-refractivity contribution in [2.75, 3.05) is 46.4 Å². The number of hydrogen-bond acceptors (Lipinski definition) is 5. The lowest BCUT2D eigenvalue weighted by Crippen LogP contribution is -2.45. The molecule has 0 spiro atoms. The fourth-order valence-corrected chi connectivity index (χ4v) is 3.98. The van der Waals surface area contributed by atoms with E-state index >= 15 is 0 Å². The molecule has 1 aliphatic heterocycles. The third-order valence-corrected chi connectivity index (χ3v) is 6.07. The van der Waals surface area contributed by atoms with Gasteiger partial charge in [-0.3, -0.25) is 14.5 Å². The molecule has 5 heteroatoms. The number of likely N-dealkylation sites (N-methyl/N-ethyl adjacent to an activating group) is 1. The lowest BCUT2D eigenvalue weighted by Gasteiger charge is -2.32. The molecule has 30 heavy (non-hydrogen) atoms. The minimum absolute atomic E-state index is 0.0135. The molecule has 1 aliphatic rings. The van der Waals surface area contributed by atoms with Gasteiger partial charge in [0.15, 0.2) is 5.43 Å². The Balaban J connectivity index is 1.47. The topological polar surface area (TPSA) is 49.9 Å². The molecular weight excluding hydrogens is 376 g/mol. The van der Waals surface area contributed by atoms with Gasteiger partial charge in [-0.15, -0.1) is 0 Å². The standard InChI is InChI=1S/C25H28N2O3/c1-18(25(29)30-16-15-27-13-11-26(2)12-14-27)20-9-10-23-21(17-20)8-7-19-5-3-4-6-22(19)24(23)28/h3-10,17-18H,11-16H2,1-2H3. The lowest BCUT2D eigenvalue weighted by atomic mass is 9.98. The van der Waals surface area contributed by atoms with E-state index in [1.54, 1.807) is 0 Å². The van der Waals surface area contributed by atoms with E-state index in [4.69, 9.17) is 4.74 Å². The molecule has 0 N–H and O–H groups in total. The monoisotopic (exact) mass is 404 g/mol. The molecule has 5 nitrogen and oxygen atoms in total. The average Bonchev–Trinajstić information content (AvgIpc) is 2.91. The fourth-order valence-electron chi connectivity index (χ4n) is 3.98. The van der Waals surface area contributed by atoms with Gasteiger partial charge in [-0.05, 0) is 30.3 Å². The first-order valence-electron chi connectivity index (χ1n) is 10.6. The van der Waals surface area contributed by atoms with E-state index in [0.29, 0.717) is 17.4 Å². The second-order valence-corrected chi connectivity index (χ2v) is 8.13. The van der Waals surface area contributed by atoms with Crippen LogP contribution < -0.4 is 5.43 Å². The molecule has 3 aromatic carbocycles. The molecule has 3 aromatic rings. The Hall–Kier alpha value is -2.76. The number of esters is 1. The van der Waals surface area contributed by atoms with Crippen LogP contribution in [-0.2, 0) is 9.53 Å². The lowest BCUT2D eigenvalue weighted by molar-refractivity contribution is -0.145. The van der Waals surface area contributed by atoms with Gasteiger partial charge in [-0.2, -0.15) is 0 Å². The summed E-state index contributed by atoms with van der Waals surface area (Å²) in [4.78, 5) is 30.1. The van der Waals surface area contributed by atoms with Crippen LogP contribution in [-0.4, -0.2) is 62.1 Å². The molecule has 0 aliphatic carbocycles. The first-order chi connectivity index (χ1) is 14.5. The van der Waals surface area contributed by atoms with Crippen LogP contribution in [0.15, 0.2) is 59.4 Å². The number of ether oxygens (including phenoxy) is 1. The summed E-state index contributed by atoms with van der Waals surface area (Å²) < 4.78 is 5.55. The Morgan fingerprint density at radius 3 is 2.47 bits per heavy atom. The summed E-state index contributed by atoms with van der Waals surface area (Å²) in [5.41, 5.74) is 0.876. The van der Waals surface area contributed by atoms with Crippen molar-refractivity contribution in [3.63, 3.8) is 0 Å². The summed E-state index contributed by atoms with van der Waals surface area (Å²) in [7, 11) is 2.13. The predicted molar refractivity (Wildman–Crippen MR) is 121 cm³/mol. The highest BCUT2D eigenvalue weighted by Crippen LogP contribution is 2.22. The molecule has 0 radical (unpaired) electrons. The molecule has 0 saturated carbocycles. The quantitative estimate of drug-likeness (QED) is 0.611. The van der Waals surface area contributed by atoms with Crippen molar-refractivity contribution in [3.05, 3.63) is 70.4 Å². The van der Waals surface area contributed by atoms with E-state index in [2.05, 4.69) is 16.8 Å². The van der Waals surface area contributed by atoms with E-state index in [-0.39, 0.29) is 17.3 Å². The van der Waals surface area contributed by atoms with E-state index in [9.17, 15) is 9.59 Å². The zero-order valence-corrected chi connectivity index (χ0v) is 17.6. The number of nitrogens with zero attached hydrogens (tertiary/aromatic N) is 2.